The molecular formula is C23H28N2O6S. The van der Waals surface area contributed by atoms with E-state index >= 15 is 0 Å². The number of nitrogens with zero attached hydrogens (tertiary/aromatic N) is 1. The summed E-state index contributed by atoms with van der Waals surface area (Å²) in [5.74, 6) is -0.281. The van der Waals surface area contributed by atoms with Crippen LogP contribution in [0.5, 0.6) is 11.5 Å². The maximum Gasteiger partial charge on any atom is 0.344 e. The summed E-state index contributed by atoms with van der Waals surface area (Å²) in [4.78, 5) is 11.3. The zero-order valence-electron chi connectivity index (χ0n) is 18.6. The van der Waals surface area contributed by atoms with Crippen molar-refractivity contribution >= 4 is 16.0 Å². The first-order valence-corrected chi connectivity index (χ1v) is 11.7. The van der Waals surface area contributed by atoms with Gasteiger partial charge in [-0.3, -0.25) is 0 Å². The third kappa shape index (κ3) is 6.22. The molecule has 0 radical (unpaired) electrons. The fraction of sp³-hybridized carbons (Fsp3) is 0.391. The molecule has 0 aliphatic rings. The number of sulfonamides is 1. The van der Waals surface area contributed by atoms with Crippen LogP contribution in [0.1, 0.15) is 49.8 Å². The number of carbonyl (C=O) groups is 1. The van der Waals surface area contributed by atoms with Crippen LogP contribution < -0.4 is 14.2 Å². The van der Waals surface area contributed by atoms with E-state index in [-0.39, 0.29) is 35.1 Å². The van der Waals surface area contributed by atoms with Crippen LogP contribution in [-0.2, 0) is 21.2 Å². The first-order valence-electron chi connectivity index (χ1n) is 10.2. The van der Waals surface area contributed by atoms with Crippen molar-refractivity contribution in [1.29, 1.82) is 5.26 Å². The van der Waals surface area contributed by atoms with Gasteiger partial charge in [0.2, 0.25) is 10.0 Å². The molecule has 2 rings (SSSR count). The molecule has 0 aliphatic heterocycles. The molecule has 0 saturated heterocycles. The van der Waals surface area contributed by atoms with Gasteiger partial charge in [0, 0.05) is 6.54 Å². The van der Waals surface area contributed by atoms with Crippen molar-refractivity contribution in [2.75, 3.05) is 13.7 Å². The first-order chi connectivity index (χ1) is 15.1. The Balaban J connectivity index is 2.25. The number of nitrogens with one attached hydrogen (secondary N) is 1. The normalized spacial score (nSPS) is 12.2. The van der Waals surface area contributed by atoms with Crippen LogP contribution in [0, 0.1) is 11.3 Å². The molecular weight excluding hydrogens is 432 g/mol. The minimum Gasteiger partial charge on any atom is -0.495 e. The third-order valence-corrected chi connectivity index (χ3v) is 6.42. The van der Waals surface area contributed by atoms with E-state index in [1.165, 1.54) is 25.3 Å². The van der Waals surface area contributed by atoms with Gasteiger partial charge in [-0.25, -0.2) is 17.9 Å². The summed E-state index contributed by atoms with van der Waals surface area (Å²) in [6.07, 6.45) is -0.420. The molecule has 9 heteroatoms. The molecule has 32 heavy (non-hydrogen) atoms. The predicted octanol–water partition coefficient (Wildman–Crippen LogP) is 3.45. The van der Waals surface area contributed by atoms with Gasteiger partial charge in [0.1, 0.15) is 16.4 Å². The van der Waals surface area contributed by atoms with Crippen molar-refractivity contribution in [3.8, 4) is 17.6 Å². The number of rotatable bonds is 11. The molecule has 0 amide bonds. The van der Waals surface area contributed by atoms with E-state index in [0.717, 1.165) is 5.56 Å². The van der Waals surface area contributed by atoms with E-state index in [1.54, 1.807) is 13.0 Å². The number of methoxy groups -OCH3 is 1. The van der Waals surface area contributed by atoms with Crippen LogP contribution in [-0.4, -0.2) is 39.3 Å². The quantitative estimate of drug-likeness (QED) is 0.526. The van der Waals surface area contributed by atoms with Crippen LogP contribution in [0.15, 0.2) is 41.3 Å². The molecule has 1 unspecified atom stereocenters. The van der Waals surface area contributed by atoms with Crippen LogP contribution in [0.3, 0.4) is 0 Å². The Labute approximate surface area is 188 Å². The fourth-order valence-electron chi connectivity index (χ4n) is 3.06. The van der Waals surface area contributed by atoms with Crippen LogP contribution in [0.4, 0.5) is 0 Å². The number of hydrogen-bond acceptors (Lipinski definition) is 6. The fourth-order valence-corrected chi connectivity index (χ4v) is 4.29. The number of carboxylic acids is 1. The first kappa shape index (κ1) is 25.2. The van der Waals surface area contributed by atoms with Crippen molar-refractivity contribution in [2.45, 2.75) is 50.5 Å². The van der Waals surface area contributed by atoms with E-state index in [9.17, 15) is 18.3 Å². The van der Waals surface area contributed by atoms with Crippen molar-refractivity contribution in [3.63, 3.8) is 0 Å². The molecule has 2 aromatic rings. The van der Waals surface area contributed by atoms with E-state index in [2.05, 4.69) is 4.72 Å². The number of ether oxygens (including phenoxy) is 2. The smallest absolute Gasteiger partial charge is 0.344 e. The summed E-state index contributed by atoms with van der Waals surface area (Å²) in [5, 5.41) is 18.4. The largest absolute Gasteiger partial charge is 0.495 e. The molecule has 0 heterocycles. The molecule has 0 aromatic heterocycles. The highest BCUT2D eigenvalue weighted by Crippen LogP contribution is 2.28. The molecule has 0 bridgehead atoms. The topological polar surface area (TPSA) is 126 Å². The number of aliphatic carboxylic acids is 1. The lowest BCUT2D eigenvalue weighted by Crippen LogP contribution is -2.28. The van der Waals surface area contributed by atoms with E-state index in [1.807, 2.05) is 32.0 Å². The molecule has 2 N–H and O–H groups in total. The highest BCUT2D eigenvalue weighted by atomic mass is 32.2. The molecule has 172 valence electrons. The van der Waals surface area contributed by atoms with Crippen molar-refractivity contribution < 1.29 is 27.8 Å². The molecule has 0 saturated carbocycles. The lowest BCUT2D eigenvalue weighted by molar-refractivity contribution is -0.145. The monoisotopic (exact) mass is 460 g/mol. The maximum absolute atomic E-state index is 12.8. The Bertz CT molecular complexity index is 1110. The number of carboxylic acid groups (broad SMARTS) is 1. The molecule has 0 aliphatic carbocycles. The molecule has 0 fully saturated rings. The van der Waals surface area contributed by atoms with E-state index < -0.39 is 22.1 Å². The second kappa shape index (κ2) is 11.0. The van der Waals surface area contributed by atoms with Gasteiger partial charge in [0.15, 0.2) is 6.10 Å². The Kier molecular flexibility index (Phi) is 8.63. The van der Waals surface area contributed by atoms with Gasteiger partial charge in [0.05, 0.1) is 18.7 Å². The lowest BCUT2D eigenvalue weighted by Gasteiger charge is -2.19. The molecule has 1 atom stereocenters. The highest BCUT2D eigenvalue weighted by Gasteiger charge is 2.22. The van der Waals surface area contributed by atoms with Gasteiger partial charge in [-0.15, -0.1) is 0 Å². The summed E-state index contributed by atoms with van der Waals surface area (Å²) in [6.45, 7) is 5.81. The van der Waals surface area contributed by atoms with Gasteiger partial charge in [-0.2, -0.15) is 5.26 Å². The van der Waals surface area contributed by atoms with Crippen LogP contribution in [0.2, 0.25) is 0 Å². The number of benzene rings is 2. The zero-order chi connectivity index (χ0) is 23.9. The molecule has 2 aromatic carbocycles. The van der Waals surface area contributed by atoms with Crippen molar-refractivity contribution in [3.05, 3.63) is 53.1 Å². The van der Waals surface area contributed by atoms with Crippen molar-refractivity contribution in [2.24, 2.45) is 0 Å². The number of hydrogen-bond donors (Lipinski definition) is 2. The second-order valence-electron chi connectivity index (χ2n) is 7.50. The van der Waals surface area contributed by atoms with E-state index in [0.29, 0.717) is 17.7 Å². The summed E-state index contributed by atoms with van der Waals surface area (Å²) in [7, 11) is -2.59. The SMILES string of the molecule is CCC(Oc1cc(C(C)C)ccc1CCNS(=O)(=O)c1cc(C#N)ccc1OC)C(=O)O. The lowest BCUT2D eigenvalue weighted by atomic mass is 9.99. The van der Waals surface area contributed by atoms with E-state index in [4.69, 9.17) is 14.7 Å². The summed E-state index contributed by atoms with van der Waals surface area (Å²) in [5.41, 5.74) is 1.88. The Morgan fingerprint density at radius 2 is 1.91 bits per heavy atom. The van der Waals surface area contributed by atoms with Crippen molar-refractivity contribution in [1.82, 2.24) is 4.72 Å². The van der Waals surface area contributed by atoms with Gasteiger partial charge < -0.3 is 14.6 Å². The number of nitriles is 1. The van der Waals surface area contributed by atoms with Crippen LogP contribution >= 0.6 is 0 Å². The van der Waals surface area contributed by atoms with Gasteiger partial charge in [0.25, 0.3) is 0 Å². The minimum atomic E-state index is -3.94. The molecule has 8 nitrogen and oxygen atoms in total. The average molecular weight is 461 g/mol. The Morgan fingerprint density at radius 3 is 2.47 bits per heavy atom. The average Bonchev–Trinajstić information content (AvgIpc) is 2.77. The Hall–Kier alpha value is -3.09. The minimum absolute atomic E-state index is 0.0452. The zero-order valence-corrected chi connectivity index (χ0v) is 19.4. The molecule has 0 spiro atoms. The summed E-state index contributed by atoms with van der Waals surface area (Å²) < 4.78 is 39.0. The van der Waals surface area contributed by atoms with Gasteiger partial charge in [-0.1, -0.05) is 32.9 Å². The van der Waals surface area contributed by atoms with Gasteiger partial charge >= 0.3 is 5.97 Å². The predicted molar refractivity (Wildman–Crippen MR) is 119 cm³/mol. The third-order valence-electron chi connectivity index (χ3n) is 4.94. The maximum atomic E-state index is 12.8. The standard InChI is InChI=1S/C23H28N2O6S/c1-5-19(23(26)27)31-21-13-18(15(2)3)8-7-17(21)10-11-25-32(28,29)22-12-16(14-24)6-9-20(22)30-4/h6-9,12-13,15,19,25H,5,10-11H2,1-4H3,(H,26,27). The van der Waals surface area contributed by atoms with Crippen LogP contribution in [0.25, 0.3) is 0 Å². The summed E-state index contributed by atoms with van der Waals surface area (Å²) in [6, 6.07) is 11.6. The summed E-state index contributed by atoms with van der Waals surface area (Å²) >= 11 is 0. The highest BCUT2D eigenvalue weighted by molar-refractivity contribution is 7.89. The Morgan fingerprint density at radius 1 is 1.19 bits per heavy atom. The second-order valence-corrected chi connectivity index (χ2v) is 9.24. The van der Waals surface area contributed by atoms with Gasteiger partial charge in [-0.05, 0) is 54.2 Å².